The summed E-state index contributed by atoms with van der Waals surface area (Å²) in [4.78, 5) is 3.23. The molecule has 0 amide bonds. The molecule has 2 heteroatoms. The van der Waals surface area contributed by atoms with Crippen molar-refractivity contribution in [3.05, 3.63) is 0 Å². The Labute approximate surface area is 77.3 Å². The van der Waals surface area contributed by atoms with Gasteiger partial charge in [0.1, 0.15) is 0 Å². The fourth-order valence-corrected chi connectivity index (χ4v) is 3.70. The fraction of sp³-hybridized carbons (Fsp3) is 0.556. The van der Waals surface area contributed by atoms with Gasteiger partial charge in [-0.1, -0.05) is 0 Å². The number of rotatable bonds is 1. The SMILES string of the molecule is CC#CC[Se]C#C[Si](C)(C)C. The Morgan fingerprint density at radius 2 is 1.91 bits per heavy atom. The minimum absolute atomic E-state index is 0.434. The molecule has 0 aliphatic heterocycles. The summed E-state index contributed by atoms with van der Waals surface area (Å²) in [6.07, 6.45) is 0. The Hall–Kier alpha value is -0.144. The second-order valence-electron chi connectivity index (χ2n) is 3.19. The molecule has 0 spiro atoms. The van der Waals surface area contributed by atoms with Crippen LogP contribution in [0.15, 0.2) is 0 Å². The molecule has 0 aromatic heterocycles. The van der Waals surface area contributed by atoms with Gasteiger partial charge in [-0.05, 0) is 0 Å². The van der Waals surface area contributed by atoms with E-state index < -0.39 is 8.07 Å². The van der Waals surface area contributed by atoms with Crippen molar-refractivity contribution in [2.24, 2.45) is 0 Å². The molecule has 0 heterocycles. The predicted octanol–water partition coefficient (Wildman–Crippen LogP) is 1.97. The van der Waals surface area contributed by atoms with Crippen molar-refractivity contribution in [2.75, 3.05) is 0 Å². The van der Waals surface area contributed by atoms with Crippen molar-refractivity contribution in [3.8, 4) is 22.2 Å². The molecular weight excluding hydrogens is 215 g/mol. The Morgan fingerprint density at radius 1 is 1.27 bits per heavy atom. The standard InChI is InChI=1S/C9H14SeSi/c1-5-6-7-10-8-9-11(2,3)4/h7H2,1-4H3. The molecule has 0 aliphatic rings. The van der Waals surface area contributed by atoms with E-state index in [2.05, 4.69) is 41.8 Å². The van der Waals surface area contributed by atoms with Crippen LogP contribution in [0.3, 0.4) is 0 Å². The monoisotopic (exact) mass is 230 g/mol. The molecule has 0 atom stereocenters. The molecule has 0 bridgehead atoms. The zero-order chi connectivity index (χ0) is 8.74. The second-order valence-corrected chi connectivity index (χ2v) is 9.58. The predicted molar refractivity (Wildman–Crippen MR) is 55.1 cm³/mol. The Kier molecular flexibility index (Phi) is 5.43. The molecular formula is C9H14SeSi. The third-order valence-electron chi connectivity index (χ3n) is 0.819. The van der Waals surface area contributed by atoms with Gasteiger partial charge in [0.15, 0.2) is 0 Å². The topological polar surface area (TPSA) is 0 Å². The van der Waals surface area contributed by atoms with E-state index in [1.54, 1.807) is 0 Å². The normalized spacial score (nSPS) is 9.09. The average Bonchev–Trinajstić information content (AvgIpc) is 1.85. The molecule has 0 nitrogen and oxygen atoms in total. The van der Waals surface area contributed by atoms with Crippen molar-refractivity contribution in [1.29, 1.82) is 0 Å². The zero-order valence-electron chi connectivity index (χ0n) is 7.62. The van der Waals surface area contributed by atoms with Crippen LogP contribution in [0.4, 0.5) is 0 Å². The number of hydrogen-bond acceptors (Lipinski definition) is 0. The van der Waals surface area contributed by atoms with Gasteiger partial charge in [-0.3, -0.25) is 0 Å². The summed E-state index contributed by atoms with van der Waals surface area (Å²) >= 11 is 0.434. The molecule has 0 aliphatic carbocycles. The Morgan fingerprint density at radius 3 is 2.36 bits per heavy atom. The van der Waals surface area contributed by atoms with E-state index >= 15 is 0 Å². The van der Waals surface area contributed by atoms with E-state index in [1.807, 2.05) is 6.92 Å². The third kappa shape index (κ3) is 9.86. The van der Waals surface area contributed by atoms with Gasteiger partial charge >= 0.3 is 77.1 Å². The van der Waals surface area contributed by atoms with E-state index in [1.165, 1.54) is 0 Å². The Balaban J connectivity index is 3.63. The molecule has 0 aromatic rings. The summed E-state index contributed by atoms with van der Waals surface area (Å²) in [6.45, 7) is 8.67. The molecule has 0 N–H and O–H groups in total. The van der Waals surface area contributed by atoms with E-state index in [0.717, 1.165) is 5.32 Å². The van der Waals surface area contributed by atoms with Crippen LogP contribution in [0.2, 0.25) is 25.0 Å². The first-order valence-corrected chi connectivity index (χ1v) is 9.16. The molecule has 0 saturated heterocycles. The number of hydrogen-bond donors (Lipinski definition) is 0. The summed E-state index contributed by atoms with van der Waals surface area (Å²) in [5.41, 5.74) is 3.33. The average molecular weight is 229 g/mol. The quantitative estimate of drug-likeness (QED) is 0.366. The van der Waals surface area contributed by atoms with E-state index in [0.29, 0.717) is 15.0 Å². The first-order chi connectivity index (χ1) is 5.06. The summed E-state index contributed by atoms with van der Waals surface area (Å²) in [5.74, 6) is 5.90. The van der Waals surface area contributed by atoms with Crippen molar-refractivity contribution >= 4 is 23.0 Å². The van der Waals surface area contributed by atoms with E-state index in [4.69, 9.17) is 0 Å². The molecule has 0 unspecified atom stereocenters. The van der Waals surface area contributed by atoms with Crippen LogP contribution in [0.1, 0.15) is 6.92 Å². The van der Waals surface area contributed by atoms with Crippen LogP contribution in [0.25, 0.3) is 0 Å². The van der Waals surface area contributed by atoms with Crippen LogP contribution in [0, 0.1) is 22.2 Å². The van der Waals surface area contributed by atoms with E-state index in [9.17, 15) is 0 Å². The first kappa shape index (κ1) is 10.9. The molecule has 0 aromatic carbocycles. The summed E-state index contributed by atoms with van der Waals surface area (Å²) < 4.78 is 0. The van der Waals surface area contributed by atoms with Crippen LogP contribution >= 0.6 is 0 Å². The van der Waals surface area contributed by atoms with Crippen LogP contribution < -0.4 is 0 Å². The minimum atomic E-state index is -1.11. The van der Waals surface area contributed by atoms with Gasteiger partial charge in [0.2, 0.25) is 0 Å². The molecule has 0 fully saturated rings. The molecule has 0 rings (SSSR count). The van der Waals surface area contributed by atoms with Crippen molar-refractivity contribution < 1.29 is 0 Å². The Bertz CT molecular complexity index is 216. The fourth-order valence-electron chi connectivity index (χ4n) is 0.334. The van der Waals surface area contributed by atoms with Crippen molar-refractivity contribution in [2.45, 2.75) is 31.9 Å². The molecule has 60 valence electrons. The van der Waals surface area contributed by atoms with Gasteiger partial charge < -0.3 is 0 Å². The van der Waals surface area contributed by atoms with Gasteiger partial charge in [0, 0.05) is 0 Å². The van der Waals surface area contributed by atoms with Crippen LogP contribution in [-0.2, 0) is 0 Å². The van der Waals surface area contributed by atoms with Gasteiger partial charge in [-0.15, -0.1) is 0 Å². The molecule has 0 radical (unpaired) electrons. The summed E-state index contributed by atoms with van der Waals surface area (Å²) in [7, 11) is -1.11. The van der Waals surface area contributed by atoms with E-state index in [-0.39, 0.29) is 0 Å². The van der Waals surface area contributed by atoms with Gasteiger partial charge in [-0.2, -0.15) is 0 Å². The maximum absolute atomic E-state index is 3.33. The van der Waals surface area contributed by atoms with Crippen LogP contribution in [0.5, 0.6) is 0 Å². The van der Waals surface area contributed by atoms with Crippen LogP contribution in [-0.4, -0.2) is 23.0 Å². The van der Waals surface area contributed by atoms with Crippen molar-refractivity contribution in [3.63, 3.8) is 0 Å². The first-order valence-electron chi connectivity index (χ1n) is 3.60. The summed E-state index contributed by atoms with van der Waals surface area (Å²) in [6, 6.07) is 0. The van der Waals surface area contributed by atoms with Crippen molar-refractivity contribution in [1.82, 2.24) is 0 Å². The second kappa shape index (κ2) is 5.50. The summed E-state index contributed by atoms with van der Waals surface area (Å²) in [5, 5.41) is 0.987. The van der Waals surface area contributed by atoms with Gasteiger partial charge in [0.25, 0.3) is 0 Å². The third-order valence-corrected chi connectivity index (χ3v) is 3.22. The molecule has 11 heavy (non-hydrogen) atoms. The zero-order valence-corrected chi connectivity index (χ0v) is 10.3. The maximum atomic E-state index is 3.33. The van der Waals surface area contributed by atoms with Gasteiger partial charge in [0.05, 0.1) is 0 Å². The van der Waals surface area contributed by atoms with Gasteiger partial charge in [-0.25, -0.2) is 0 Å². The molecule has 0 saturated carbocycles.